The average molecular weight is 236 g/mol. The Bertz CT molecular complexity index is 273. The third-order valence-electron chi connectivity index (χ3n) is 4.18. The number of rotatable bonds is 5. The molecular weight excluding hydrogens is 208 g/mol. The van der Waals surface area contributed by atoms with Crippen LogP contribution in [0.5, 0.6) is 0 Å². The van der Waals surface area contributed by atoms with E-state index >= 15 is 0 Å². The van der Waals surface area contributed by atoms with Gasteiger partial charge in [-0.2, -0.15) is 5.26 Å². The highest BCUT2D eigenvalue weighted by Gasteiger charge is 2.31. The van der Waals surface area contributed by atoms with Gasteiger partial charge < -0.3 is 5.32 Å². The van der Waals surface area contributed by atoms with Crippen LogP contribution in [0.4, 0.5) is 0 Å². The van der Waals surface area contributed by atoms with Gasteiger partial charge in [-0.15, -0.1) is 0 Å². The van der Waals surface area contributed by atoms with E-state index in [0.29, 0.717) is 11.5 Å². The average Bonchev–Trinajstić information content (AvgIpc) is 2.26. The first-order chi connectivity index (χ1) is 7.87. The van der Waals surface area contributed by atoms with Crippen LogP contribution in [-0.2, 0) is 0 Å². The van der Waals surface area contributed by atoms with E-state index in [1.807, 2.05) is 13.8 Å². The SMILES string of the molecule is CC(C)(C#N)CCCNC1CCCCC1(C)C. The van der Waals surface area contributed by atoms with Gasteiger partial charge in [0.05, 0.1) is 11.5 Å². The van der Waals surface area contributed by atoms with Crippen molar-refractivity contribution in [1.82, 2.24) is 5.32 Å². The quantitative estimate of drug-likeness (QED) is 0.735. The normalized spacial score (nSPS) is 24.3. The fourth-order valence-corrected chi connectivity index (χ4v) is 2.73. The van der Waals surface area contributed by atoms with Gasteiger partial charge in [0, 0.05) is 6.04 Å². The fraction of sp³-hybridized carbons (Fsp3) is 0.933. The van der Waals surface area contributed by atoms with Crippen molar-refractivity contribution in [2.45, 2.75) is 72.3 Å². The molecular formula is C15H28N2. The summed E-state index contributed by atoms with van der Waals surface area (Å²) >= 11 is 0. The fourth-order valence-electron chi connectivity index (χ4n) is 2.73. The summed E-state index contributed by atoms with van der Waals surface area (Å²) in [5.74, 6) is 0. The number of hydrogen-bond acceptors (Lipinski definition) is 2. The van der Waals surface area contributed by atoms with Crippen LogP contribution < -0.4 is 5.32 Å². The first-order valence-electron chi connectivity index (χ1n) is 7.02. The van der Waals surface area contributed by atoms with E-state index in [-0.39, 0.29) is 5.41 Å². The van der Waals surface area contributed by atoms with E-state index in [4.69, 9.17) is 5.26 Å². The predicted molar refractivity (Wildman–Crippen MR) is 72.7 cm³/mol. The zero-order valence-corrected chi connectivity index (χ0v) is 12.0. The molecule has 0 bridgehead atoms. The van der Waals surface area contributed by atoms with Crippen molar-refractivity contribution in [3.05, 3.63) is 0 Å². The molecule has 0 aliphatic heterocycles. The minimum absolute atomic E-state index is 0.163. The summed E-state index contributed by atoms with van der Waals surface area (Å²) in [5.41, 5.74) is 0.284. The molecule has 1 aliphatic carbocycles. The molecule has 0 aromatic rings. The summed E-state index contributed by atoms with van der Waals surface area (Å²) in [7, 11) is 0. The zero-order valence-electron chi connectivity index (χ0n) is 12.0. The second kappa shape index (κ2) is 5.87. The largest absolute Gasteiger partial charge is 0.313 e. The molecule has 0 heterocycles. The summed E-state index contributed by atoms with van der Waals surface area (Å²) < 4.78 is 0. The van der Waals surface area contributed by atoms with E-state index in [9.17, 15) is 0 Å². The van der Waals surface area contributed by atoms with Gasteiger partial charge >= 0.3 is 0 Å². The highest BCUT2D eigenvalue weighted by molar-refractivity contribution is 4.92. The molecule has 0 saturated heterocycles. The van der Waals surface area contributed by atoms with Crippen molar-refractivity contribution in [3.63, 3.8) is 0 Å². The third kappa shape index (κ3) is 4.68. The Hall–Kier alpha value is -0.550. The van der Waals surface area contributed by atoms with Crippen molar-refractivity contribution >= 4 is 0 Å². The van der Waals surface area contributed by atoms with Gasteiger partial charge in [0.15, 0.2) is 0 Å². The second-order valence-corrected chi connectivity index (χ2v) is 6.84. The molecule has 0 spiro atoms. The van der Waals surface area contributed by atoms with Crippen LogP contribution in [-0.4, -0.2) is 12.6 Å². The van der Waals surface area contributed by atoms with Crippen LogP contribution in [0, 0.1) is 22.2 Å². The van der Waals surface area contributed by atoms with Crippen molar-refractivity contribution in [2.24, 2.45) is 10.8 Å². The summed E-state index contributed by atoms with van der Waals surface area (Å²) in [6.07, 6.45) is 7.50. The van der Waals surface area contributed by atoms with E-state index < -0.39 is 0 Å². The number of nitrogens with one attached hydrogen (secondary N) is 1. The monoisotopic (exact) mass is 236 g/mol. The molecule has 2 nitrogen and oxygen atoms in total. The molecule has 0 radical (unpaired) electrons. The highest BCUT2D eigenvalue weighted by atomic mass is 14.9. The minimum Gasteiger partial charge on any atom is -0.313 e. The lowest BCUT2D eigenvalue weighted by atomic mass is 9.73. The lowest BCUT2D eigenvalue weighted by Crippen LogP contribution is -2.44. The molecule has 17 heavy (non-hydrogen) atoms. The van der Waals surface area contributed by atoms with Gasteiger partial charge in [0.2, 0.25) is 0 Å². The van der Waals surface area contributed by atoms with Crippen LogP contribution in [0.1, 0.15) is 66.2 Å². The Balaban J connectivity index is 2.25. The van der Waals surface area contributed by atoms with Gasteiger partial charge in [-0.1, -0.05) is 26.7 Å². The summed E-state index contributed by atoms with van der Waals surface area (Å²) in [6, 6.07) is 3.04. The lowest BCUT2D eigenvalue weighted by molar-refractivity contribution is 0.167. The van der Waals surface area contributed by atoms with Gasteiger partial charge in [-0.3, -0.25) is 0 Å². The molecule has 1 fully saturated rings. The molecule has 0 aromatic heterocycles. The van der Waals surface area contributed by atoms with E-state index in [1.54, 1.807) is 0 Å². The van der Waals surface area contributed by atoms with Crippen molar-refractivity contribution in [3.8, 4) is 6.07 Å². The zero-order chi connectivity index (χ0) is 12.9. The van der Waals surface area contributed by atoms with Gasteiger partial charge in [-0.05, 0) is 51.5 Å². The Kier molecular flexibility index (Phi) is 5.01. The van der Waals surface area contributed by atoms with Gasteiger partial charge in [0.1, 0.15) is 0 Å². The third-order valence-corrected chi connectivity index (χ3v) is 4.18. The molecule has 98 valence electrons. The topological polar surface area (TPSA) is 35.8 Å². The van der Waals surface area contributed by atoms with Crippen molar-refractivity contribution in [1.29, 1.82) is 5.26 Å². The number of nitriles is 1. The van der Waals surface area contributed by atoms with E-state index in [0.717, 1.165) is 19.4 Å². The number of nitrogens with zero attached hydrogens (tertiary/aromatic N) is 1. The molecule has 1 unspecified atom stereocenters. The van der Waals surface area contributed by atoms with Gasteiger partial charge in [0.25, 0.3) is 0 Å². The van der Waals surface area contributed by atoms with Crippen LogP contribution in [0.3, 0.4) is 0 Å². The van der Waals surface area contributed by atoms with Crippen LogP contribution in [0.2, 0.25) is 0 Å². The van der Waals surface area contributed by atoms with Crippen molar-refractivity contribution < 1.29 is 0 Å². The molecule has 1 atom stereocenters. The maximum atomic E-state index is 8.95. The van der Waals surface area contributed by atoms with Crippen LogP contribution in [0.25, 0.3) is 0 Å². The Labute approximate surface area is 107 Å². The summed E-state index contributed by atoms with van der Waals surface area (Å²) in [6.45, 7) is 9.86. The summed E-state index contributed by atoms with van der Waals surface area (Å²) in [5, 5.41) is 12.7. The van der Waals surface area contributed by atoms with Crippen molar-refractivity contribution in [2.75, 3.05) is 6.54 Å². The molecule has 1 saturated carbocycles. The molecule has 2 heteroatoms. The first kappa shape index (κ1) is 14.5. The second-order valence-electron chi connectivity index (χ2n) is 6.84. The molecule has 0 amide bonds. The Morgan fingerprint density at radius 2 is 2.06 bits per heavy atom. The highest BCUT2D eigenvalue weighted by Crippen LogP contribution is 2.35. The molecule has 0 aromatic carbocycles. The Morgan fingerprint density at radius 3 is 2.65 bits per heavy atom. The standard InChI is InChI=1S/C15H28N2/c1-14(2,12-16)9-7-11-17-13-8-5-6-10-15(13,3)4/h13,17H,5-11H2,1-4H3. The molecule has 1 aliphatic rings. The lowest BCUT2D eigenvalue weighted by Gasteiger charge is -2.39. The number of hydrogen-bond donors (Lipinski definition) is 1. The summed E-state index contributed by atoms with van der Waals surface area (Å²) in [4.78, 5) is 0. The van der Waals surface area contributed by atoms with Crippen LogP contribution >= 0.6 is 0 Å². The van der Waals surface area contributed by atoms with E-state index in [2.05, 4.69) is 25.2 Å². The first-order valence-corrected chi connectivity index (χ1v) is 7.02. The smallest absolute Gasteiger partial charge is 0.0683 e. The van der Waals surface area contributed by atoms with Crippen LogP contribution in [0.15, 0.2) is 0 Å². The van der Waals surface area contributed by atoms with E-state index in [1.165, 1.54) is 25.7 Å². The maximum absolute atomic E-state index is 8.95. The Morgan fingerprint density at radius 1 is 1.35 bits per heavy atom. The maximum Gasteiger partial charge on any atom is 0.0683 e. The minimum atomic E-state index is -0.163. The predicted octanol–water partition coefficient (Wildman–Crippen LogP) is 3.87. The molecule has 1 N–H and O–H groups in total. The molecule has 1 rings (SSSR count). The van der Waals surface area contributed by atoms with Gasteiger partial charge in [-0.25, -0.2) is 0 Å².